The second-order valence-corrected chi connectivity index (χ2v) is 5.27. The van der Waals surface area contributed by atoms with Crippen LogP contribution in [0.25, 0.3) is 0 Å². The van der Waals surface area contributed by atoms with E-state index in [4.69, 9.17) is 10.4 Å². The minimum Gasteiger partial charge on any atom is -0.480 e. The molecule has 0 aromatic heterocycles. The first kappa shape index (κ1) is 14.2. The average Bonchev–Trinajstić information content (AvgIpc) is 2.35. The Hall–Kier alpha value is -1.91. The topological polar surface area (TPSA) is 107 Å². The molecule has 0 heterocycles. The quantitative estimate of drug-likeness (QED) is 0.817. The predicted octanol–water partition coefficient (Wildman–Crippen LogP) is 0.700. The molecule has 0 bridgehead atoms. The summed E-state index contributed by atoms with van der Waals surface area (Å²) in [6, 6.07) is 5.94. The lowest BCUT2D eigenvalue weighted by molar-refractivity contribution is -0.139. The van der Waals surface area contributed by atoms with E-state index in [0.717, 1.165) is 0 Å². The summed E-state index contributed by atoms with van der Waals surface area (Å²) in [6.07, 6.45) is 0.144. The van der Waals surface area contributed by atoms with Crippen molar-refractivity contribution < 1.29 is 18.3 Å². The summed E-state index contributed by atoms with van der Waals surface area (Å²) in [6.45, 7) is 1.57. The summed E-state index contributed by atoms with van der Waals surface area (Å²) in [5.74, 6) is -1.23. The fraction of sp³-hybridized carbons (Fsp3) is 0.273. The smallest absolute Gasteiger partial charge is 0.321 e. The molecule has 1 atom stereocenters. The lowest BCUT2D eigenvalue weighted by Crippen LogP contribution is -2.40. The SMILES string of the molecule is CC[C@@H](NS(=O)(=O)c1ccc(C#N)cc1)C(=O)O. The van der Waals surface area contributed by atoms with Gasteiger partial charge in [0.1, 0.15) is 6.04 Å². The summed E-state index contributed by atoms with van der Waals surface area (Å²) in [5.41, 5.74) is 0.333. The van der Waals surface area contributed by atoms with Crippen LogP contribution in [0.1, 0.15) is 18.9 Å². The average molecular weight is 268 g/mol. The van der Waals surface area contributed by atoms with Crippen LogP contribution in [-0.4, -0.2) is 25.5 Å². The van der Waals surface area contributed by atoms with Crippen LogP contribution in [0.3, 0.4) is 0 Å². The number of sulfonamides is 1. The summed E-state index contributed by atoms with van der Waals surface area (Å²) in [5, 5.41) is 17.4. The van der Waals surface area contributed by atoms with E-state index in [2.05, 4.69) is 4.72 Å². The van der Waals surface area contributed by atoms with Crippen molar-refractivity contribution in [2.75, 3.05) is 0 Å². The van der Waals surface area contributed by atoms with Gasteiger partial charge in [-0.05, 0) is 30.7 Å². The van der Waals surface area contributed by atoms with Crippen LogP contribution in [0.4, 0.5) is 0 Å². The van der Waals surface area contributed by atoms with Gasteiger partial charge in [0, 0.05) is 0 Å². The van der Waals surface area contributed by atoms with Crippen LogP contribution in [0, 0.1) is 11.3 Å². The second-order valence-electron chi connectivity index (χ2n) is 3.56. The van der Waals surface area contributed by atoms with Gasteiger partial charge in [0.05, 0.1) is 16.5 Å². The largest absolute Gasteiger partial charge is 0.480 e. The van der Waals surface area contributed by atoms with Gasteiger partial charge in [-0.15, -0.1) is 0 Å². The monoisotopic (exact) mass is 268 g/mol. The van der Waals surface area contributed by atoms with Crippen molar-refractivity contribution in [3.63, 3.8) is 0 Å². The lowest BCUT2D eigenvalue weighted by atomic mass is 10.2. The zero-order valence-electron chi connectivity index (χ0n) is 9.62. The molecule has 0 aliphatic carbocycles. The lowest BCUT2D eigenvalue weighted by Gasteiger charge is -2.12. The molecule has 0 saturated heterocycles. The van der Waals surface area contributed by atoms with Gasteiger partial charge in [-0.2, -0.15) is 9.98 Å². The molecule has 0 radical (unpaired) electrons. The molecular formula is C11H12N2O4S. The zero-order chi connectivity index (χ0) is 13.8. The van der Waals surface area contributed by atoms with Crippen molar-refractivity contribution in [1.29, 1.82) is 5.26 Å². The maximum absolute atomic E-state index is 11.8. The summed E-state index contributed by atoms with van der Waals surface area (Å²) < 4.78 is 25.8. The number of hydrogen-bond donors (Lipinski definition) is 2. The first-order valence-electron chi connectivity index (χ1n) is 5.16. The Kier molecular flexibility index (Phi) is 4.42. The molecule has 0 aliphatic heterocycles. The van der Waals surface area contributed by atoms with E-state index in [-0.39, 0.29) is 11.3 Å². The van der Waals surface area contributed by atoms with Gasteiger partial charge in [-0.25, -0.2) is 8.42 Å². The molecule has 6 nitrogen and oxygen atoms in total. The van der Waals surface area contributed by atoms with Crippen molar-refractivity contribution in [2.24, 2.45) is 0 Å². The van der Waals surface area contributed by atoms with Crippen molar-refractivity contribution >= 4 is 16.0 Å². The molecule has 96 valence electrons. The maximum Gasteiger partial charge on any atom is 0.321 e. The van der Waals surface area contributed by atoms with Crippen molar-refractivity contribution in [2.45, 2.75) is 24.3 Å². The normalized spacial score (nSPS) is 12.7. The van der Waals surface area contributed by atoms with E-state index >= 15 is 0 Å². The second kappa shape index (κ2) is 5.62. The molecule has 0 spiro atoms. The molecule has 18 heavy (non-hydrogen) atoms. The Morgan fingerprint density at radius 1 is 1.44 bits per heavy atom. The van der Waals surface area contributed by atoms with Crippen LogP contribution in [0.15, 0.2) is 29.2 Å². The number of aliphatic carboxylic acids is 1. The van der Waals surface area contributed by atoms with E-state index in [1.54, 1.807) is 6.92 Å². The van der Waals surface area contributed by atoms with Gasteiger partial charge in [-0.1, -0.05) is 6.92 Å². The van der Waals surface area contributed by atoms with Crippen LogP contribution < -0.4 is 4.72 Å². The van der Waals surface area contributed by atoms with E-state index in [0.29, 0.717) is 5.56 Å². The van der Waals surface area contributed by atoms with Gasteiger partial charge in [0.15, 0.2) is 0 Å². The van der Waals surface area contributed by atoms with E-state index < -0.39 is 22.0 Å². The molecule has 7 heteroatoms. The Labute approximate surface area is 105 Å². The Morgan fingerprint density at radius 2 is 2.00 bits per heavy atom. The third kappa shape index (κ3) is 3.29. The highest BCUT2D eigenvalue weighted by Gasteiger charge is 2.23. The fourth-order valence-corrected chi connectivity index (χ4v) is 2.54. The predicted molar refractivity (Wildman–Crippen MR) is 63.2 cm³/mol. The number of carboxylic acid groups (broad SMARTS) is 1. The number of carboxylic acids is 1. The maximum atomic E-state index is 11.8. The number of benzene rings is 1. The first-order chi connectivity index (χ1) is 8.40. The van der Waals surface area contributed by atoms with Crippen molar-refractivity contribution in [1.82, 2.24) is 4.72 Å². The van der Waals surface area contributed by atoms with Gasteiger partial charge in [0.2, 0.25) is 10.0 Å². The van der Waals surface area contributed by atoms with E-state index in [1.165, 1.54) is 24.3 Å². The number of hydrogen-bond acceptors (Lipinski definition) is 4. The van der Waals surface area contributed by atoms with E-state index in [9.17, 15) is 13.2 Å². The van der Waals surface area contributed by atoms with E-state index in [1.807, 2.05) is 6.07 Å². The van der Waals surface area contributed by atoms with Crippen LogP contribution in [0.2, 0.25) is 0 Å². The van der Waals surface area contributed by atoms with Gasteiger partial charge in [-0.3, -0.25) is 4.79 Å². The van der Waals surface area contributed by atoms with Crippen molar-refractivity contribution in [3.05, 3.63) is 29.8 Å². The molecule has 0 fully saturated rings. The molecule has 1 aromatic rings. The highest BCUT2D eigenvalue weighted by Crippen LogP contribution is 2.11. The molecular weight excluding hydrogens is 256 g/mol. The van der Waals surface area contributed by atoms with Gasteiger partial charge >= 0.3 is 5.97 Å². The molecule has 2 N–H and O–H groups in total. The van der Waals surface area contributed by atoms with Gasteiger partial charge in [0.25, 0.3) is 0 Å². The zero-order valence-corrected chi connectivity index (χ0v) is 10.4. The molecule has 1 rings (SSSR count). The molecule has 0 saturated carbocycles. The van der Waals surface area contributed by atoms with Crippen LogP contribution in [0.5, 0.6) is 0 Å². The number of carbonyl (C=O) groups is 1. The number of rotatable bonds is 5. The third-order valence-electron chi connectivity index (χ3n) is 2.30. The standard InChI is InChI=1S/C11H12N2O4S/c1-2-10(11(14)15)13-18(16,17)9-5-3-8(7-12)4-6-9/h3-6,10,13H,2H2,1H3,(H,14,15)/t10-/m1/s1. The molecule has 1 aromatic carbocycles. The first-order valence-corrected chi connectivity index (χ1v) is 6.64. The summed E-state index contributed by atoms with van der Waals surface area (Å²) in [7, 11) is -3.88. The number of nitriles is 1. The third-order valence-corrected chi connectivity index (χ3v) is 3.79. The van der Waals surface area contributed by atoms with Gasteiger partial charge < -0.3 is 5.11 Å². The Balaban J connectivity index is 2.99. The summed E-state index contributed by atoms with van der Waals surface area (Å²) >= 11 is 0. The number of nitrogens with one attached hydrogen (secondary N) is 1. The highest BCUT2D eigenvalue weighted by atomic mass is 32.2. The van der Waals surface area contributed by atoms with Crippen molar-refractivity contribution in [3.8, 4) is 6.07 Å². The molecule has 0 unspecified atom stereocenters. The molecule has 0 amide bonds. The Bertz CT molecular complexity index is 572. The Morgan fingerprint density at radius 3 is 2.39 bits per heavy atom. The highest BCUT2D eigenvalue weighted by molar-refractivity contribution is 7.89. The minimum absolute atomic E-state index is 0.0683. The van der Waals surface area contributed by atoms with Crippen LogP contribution in [-0.2, 0) is 14.8 Å². The van der Waals surface area contributed by atoms with Crippen LogP contribution >= 0.6 is 0 Å². The fourth-order valence-electron chi connectivity index (χ4n) is 1.27. The summed E-state index contributed by atoms with van der Waals surface area (Å²) in [4.78, 5) is 10.7. The molecule has 0 aliphatic rings. The number of nitrogens with zero attached hydrogens (tertiary/aromatic N) is 1. The minimum atomic E-state index is -3.88.